The molecule has 3 nitrogen and oxygen atoms in total. The number of benzene rings is 1. The Labute approximate surface area is 110 Å². The van der Waals surface area contributed by atoms with Gasteiger partial charge in [0.2, 0.25) is 5.91 Å². The van der Waals surface area contributed by atoms with E-state index in [4.69, 9.17) is 4.74 Å². The van der Waals surface area contributed by atoms with Crippen LogP contribution < -0.4 is 5.32 Å². The number of aryl methyl sites for hydroxylation is 2. The van der Waals surface area contributed by atoms with Crippen molar-refractivity contribution >= 4 is 5.91 Å². The maximum Gasteiger partial charge on any atom is 0.224 e. The Morgan fingerprint density at radius 1 is 1.33 bits per heavy atom. The number of hydrogen-bond acceptors (Lipinski definition) is 2. The largest absolute Gasteiger partial charge is 0.382 e. The highest BCUT2D eigenvalue weighted by Crippen LogP contribution is 2.11. The predicted octanol–water partition coefficient (Wildman–Crippen LogP) is 2.39. The first-order chi connectivity index (χ1) is 8.63. The molecule has 0 saturated carbocycles. The van der Waals surface area contributed by atoms with Crippen LogP contribution in [-0.2, 0) is 16.0 Å². The lowest BCUT2D eigenvalue weighted by Gasteiger charge is -2.08. The molecule has 0 aliphatic carbocycles. The van der Waals surface area contributed by atoms with Crippen molar-refractivity contribution in [1.82, 2.24) is 5.32 Å². The monoisotopic (exact) mass is 249 g/mol. The smallest absolute Gasteiger partial charge is 0.224 e. The van der Waals surface area contributed by atoms with Gasteiger partial charge in [-0.2, -0.15) is 0 Å². The average Bonchev–Trinajstić information content (AvgIpc) is 2.33. The summed E-state index contributed by atoms with van der Waals surface area (Å²) in [5.74, 6) is 0.0835. The molecular weight excluding hydrogens is 226 g/mol. The molecular formula is C15H23NO2. The molecule has 18 heavy (non-hydrogen) atoms. The van der Waals surface area contributed by atoms with E-state index in [0.717, 1.165) is 18.6 Å². The first-order valence-corrected chi connectivity index (χ1v) is 6.54. The van der Waals surface area contributed by atoms with Gasteiger partial charge in [-0.15, -0.1) is 0 Å². The predicted molar refractivity (Wildman–Crippen MR) is 73.7 cm³/mol. The summed E-state index contributed by atoms with van der Waals surface area (Å²) in [5, 5.41) is 2.92. The maximum absolute atomic E-state index is 11.8. The fraction of sp³-hybridized carbons (Fsp3) is 0.533. The van der Waals surface area contributed by atoms with Gasteiger partial charge in [0.25, 0.3) is 0 Å². The SMILES string of the molecule is CCOCCCNC(=O)Cc1cc(C)ccc1C. The Bertz CT molecular complexity index is 388. The Balaban J connectivity index is 2.33. The quantitative estimate of drug-likeness (QED) is 0.754. The molecule has 3 heteroatoms. The number of nitrogens with one attached hydrogen (secondary N) is 1. The van der Waals surface area contributed by atoms with E-state index in [-0.39, 0.29) is 5.91 Å². The van der Waals surface area contributed by atoms with Gasteiger partial charge in [-0.05, 0) is 38.3 Å². The van der Waals surface area contributed by atoms with E-state index in [0.29, 0.717) is 19.6 Å². The Morgan fingerprint density at radius 2 is 2.11 bits per heavy atom. The van der Waals surface area contributed by atoms with Gasteiger partial charge in [-0.1, -0.05) is 23.8 Å². The van der Waals surface area contributed by atoms with Crippen LogP contribution in [0.15, 0.2) is 18.2 Å². The van der Waals surface area contributed by atoms with Gasteiger partial charge in [0.15, 0.2) is 0 Å². The standard InChI is InChI=1S/C15H23NO2/c1-4-18-9-5-8-16-15(17)11-14-10-12(2)6-7-13(14)3/h6-7,10H,4-5,8-9,11H2,1-3H3,(H,16,17). The Kier molecular flexibility index (Phi) is 6.44. The zero-order valence-corrected chi connectivity index (χ0v) is 11.6. The maximum atomic E-state index is 11.8. The van der Waals surface area contributed by atoms with Crippen LogP contribution in [0.4, 0.5) is 0 Å². The highest BCUT2D eigenvalue weighted by molar-refractivity contribution is 5.78. The number of ether oxygens (including phenoxy) is 1. The minimum absolute atomic E-state index is 0.0835. The fourth-order valence-corrected chi connectivity index (χ4v) is 1.77. The fourth-order valence-electron chi connectivity index (χ4n) is 1.77. The average molecular weight is 249 g/mol. The van der Waals surface area contributed by atoms with Crippen molar-refractivity contribution in [3.8, 4) is 0 Å². The van der Waals surface area contributed by atoms with Crippen LogP contribution in [0.5, 0.6) is 0 Å². The van der Waals surface area contributed by atoms with E-state index in [1.165, 1.54) is 11.1 Å². The normalized spacial score (nSPS) is 10.4. The van der Waals surface area contributed by atoms with Gasteiger partial charge in [0.05, 0.1) is 6.42 Å². The van der Waals surface area contributed by atoms with Crippen molar-refractivity contribution in [3.05, 3.63) is 34.9 Å². The van der Waals surface area contributed by atoms with E-state index in [9.17, 15) is 4.79 Å². The molecule has 1 N–H and O–H groups in total. The molecule has 0 aliphatic rings. The van der Waals surface area contributed by atoms with Crippen molar-refractivity contribution in [3.63, 3.8) is 0 Å². The molecule has 1 aromatic carbocycles. The highest BCUT2D eigenvalue weighted by atomic mass is 16.5. The first-order valence-electron chi connectivity index (χ1n) is 6.54. The molecule has 0 aromatic heterocycles. The molecule has 1 rings (SSSR count). The summed E-state index contributed by atoms with van der Waals surface area (Å²) >= 11 is 0. The number of hydrogen-bond donors (Lipinski definition) is 1. The summed E-state index contributed by atoms with van der Waals surface area (Å²) in [7, 11) is 0. The van der Waals surface area contributed by atoms with Crippen LogP contribution in [0.2, 0.25) is 0 Å². The molecule has 0 fully saturated rings. The van der Waals surface area contributed by atoms with Crippen LogP contribution in [-0.4, -0.2) is 25.7 Å². The van der Waals surface area contributed by atoms with Crippen LogP contribution in [0.1, 0.15) is 30.0 Å². The lowest BCUT2D eigenvalue weighted by molar-refractivity contribution is -0.120. The van der Waals surface area contributed by atoms with Gasteiger partial charge in [0, 0.05) is 19.8 Å². The molecule has 1 aromatic rings. The van der Waals surface area contributed by atoms with Crippen molar-refractivity contribution in [2.75, 3.05) is 19.8 Å². The summed E-state index contributed by atoms with van der Waals surface area (Å²) in [4.78, 5) is 11.8. The molecule has 0 unspecified atom stereocenters. The minimum atomic E-state index is 0.0835. The van der Waals surface area contributed by atoms with Crippen LogP contribution in [0.3, 0.4) is 0 Å². The third-order valence-corrected chi connectivity index (χ3v) is 2.85. The third-order valence-electron chi connectivity index (χ3n) is 2.85. The van der Waals surface area contributed by atoms with Gasteiger partial charge < -0.3 is 10.1 Å². The summed E-state index contributed by atoms with van der Waals surface area (Å²) in [6.45, 7) is 8.18. The van der Waals surface area contributed by atoms with E-state index >= 15 is 0 Å². The van der Waals surface area contributed by atoms with E-state index in [1.807, 2.05) is 20.8 Å². The van der Waals surface area contributed by atoms with Crippen molar-refractivity contribution in [2.24, 2.45) is 0 Å². The minimum Gasteiger partial charge on any atom is -0.382 e. The van der Waals surface area contributed by atoms with Crippen LogP contribution in [0.25, 0.3) is 0 Å². The second-order valence-electron chi connectivity index (χ2n) is 4.51. The molecule has 0 saturated heterocycles. The van der Waals surface area contributed by atoms with Crippen molar-refractivity contribution in [2.45, 2.75) is 33.6 Å². The molecule has 0 radical (unpaired) electrons. The second kappa shape index (κ2) is 7.88. The Hall–Kier alpha value is -1.35. The van der Waals surface area contributed by atoms with E-state index in [1.54, 1.807) is 0 Å². The molecule has 0 aliphatic heterocycles. The van der Waals surface area contributed by atoms with Gasteiger partial charge >= 0.3 is 0 Å². The van der Waals surface area contributed by atoms with E-state index in [2.05, 4.69) is 23.5 Å². The zero-order valence-electron chi connectivity index (χ0n) is 11.6. The first kappa shape index (κ1) is 14.7. The van der Waals surface area contributed by atoms with Crippen molar-refractivity contribution < 1.29 is 9.53 Å². The second-order valence-corrected chi connectivity index (χ2v) is 4.51. The molecule has 0 heterocycles. The van der Waals surface area contributed by atoms with Crippen LogP contribution >= 0.6 is 0 Å². The van der Waals surface area contributed by atoms with E-state index < -0.39 is 0 Å². The number of rotatable bonds is 7. The third kappa shape index (κ3) is 5.32. The lowest BCUT2D eigenvalue weighted by atomic mass is 10.0. The molecule has 100 valence electrons. The molecule has 1 amide bonds. The molecule has 0 spiro atoms. The summed E-state index contributed by atoms with van der Waals surface area (Å²) in [6, 6.07) is 6.21. The lowest BCUT2D eigenvalue weighted by Crippen LogP contribution is -2.27. The topological polar surface area (TPSA) is 38.3 Å². The Morgan fingerprint density at radius 3 is 2.83 bits per heavy atom. The summed E-state index contributed by atoms with van der Waals surface area (Å²) in [5.41, 5.74) is 3.47. The number of carbonyl (C=O) groups excluding carboxylic acids is 1. The molecule has 0 atom stereocenters. The van der Waals surface area contributed by atoms with Crippen molar-refractivity contribution in [1.29, 1.82) is 0 Å². The summed E-state index contributed by atoms with van der Waals surface area (Å²) in [6.07, 6.45) is 1.33. The van der Waals surface area contributed by atoms with Gasteiger partial charge in [-0.3, -0.25) is 4.79 Å². The van der Waals surface area contributed by atoms with Gasteiger partial charge in [-0.25, -0.2) is 0 Å². The zero-order chi connectivity index (χ0) is 13.4. The molecule has 0 bridgehead atoms. The highest BCUT2D eigenvalue weighted by Gasteiger charge is 2.05. The number of amides is 1. The summed E-state index contributed by atoms with van der Waals surface area (Å²) < 4.78 is 5.22. The van der Waals surface area contributed by atoms with Crippen LogP contribution in [0, 0.1) is 13.8 Å². The van der Waals surface area contributed by atoms with Gasteiger partial charge in [0.1, 0.15) is 0 Å². The number of carbonyl (C=O) groups is 1.